The predicted molar refractivity (Wildman–Crippen MR) is 115 cm³/mol. The van der Waals surface area contributed by atoms with Crippen LogP contribution in [0.5, 0.6) is 0 Å². The normalized spacial score (nSPS) is 11.1. The molecule has 3 aromatic carbocycles. The van der Waals surface area contributed by atoms with Crippen LogP contribution in [0.4, 0.5) is 17.3 Å². The van der Waals surface area contributed by atoms with Crippen molar-refractivity contribution in [2.24, 2.45) is 0 Å². The van der Waals surface area contributed by atoms with Crippen LogP contribution in [0.15, 0.2) is 78.9 Å². The highest BCUT2D eigenvalue weighted by Crippen LogP contribution is 2.34. The van der Waals surface area contributed by atoms with E-state index >= 15 is 0 Å². The fraction of sp³-hybridized carbons (Fsp3) is 0.0455. The Bertz CT molecular complexity index is 1400. The SMILES string of the molecule is CN(c1ccccc1)c1nc2ccccc2c2nnc(-c3ccccc3[N+](=O)[O-])n12. The van der Waals surface area contributed by atoms with Gasteiger partial charge in [0.1, 0.15) is 0 Å². The van der Waals surface area contributed by atoms with Crippen molar-refractivity contribution in [3.63, 3.8) is 0 Å². The molecule has 0 aliphatic heterocycles. The molecule has 0 saturated carbocycles. The van der Waals surface area contributed by atoms with Gasteiger partial charge in [0.15, 0.2) is 11.5 Å². The van der Waals surface area contributed by atoms with E-state index in [4.69, 9.17) is 4.98 Å². The molecule has 0 radical (unpaired) electrons. The third-order valence-electron chi connectivity index (χ3n) is 5.01. The first-order chi connectivity index (χ1) is 14.6. The van der Waals surface area contributed by atoms with Gasteiger partial charge >= 0.3 is 0 Å². The monoisotopic (exact) mass is 396 g/mol. The molecule has 2 aromatic heterocycles. The summed E-state index contributed by atoms with van der Waals surface area (Å²) in [5.74, 6) is 0.932. The molecule has 146 valence electrons. The van der Waals surface area contributed by atoms with Gasteiger partial charge in [-0.3, -0.25) is 10.1 Å². The lowest BCUT2D eigenvalue weighted by atomic mass is 10.1. The van der Waals surface area contributed by atoms with E-state index in [2.05, 4.69) is 10.2 Å². The van der Waals surface area contributed by atoms with Gasteiger partial charge in [-0.1, -0.05) is 42.5 Å². The van der Waals surface area contributed by atoms with E-state index in [0.717, 1.165) is 16.6 Å². The zero-order chi connectivity index (χ0) is 20.7. The van der Waals surface area contributed by atoms with Crippen molar-refractivity contribution < 1.29 is 4.92 Å². The number of aromatic nitrogens is 4. The Kier molecular flexibility index (Phi) is 4.10. The number of hydrogen-bond acceptors (Lipinski definition) is 6. The van der Waals surface area contributed by atoms with Gasteiger partial charge in [0.25, 0.3) is 5.69 Å². The van der Waals surface area contributed by atoms with E-state index in [1.807, 2.05) is 66.5 Å². The average Bonchev–Trinajstić information content (AvgIpc) is 3.24. The van der Waals surface area contributed by atoms with Crippen LogP contribution in [0, 0.1) is 10.1 Å². The summed E-state index contributed by atoms with van der Waals surface area (Å²) in [7, 11) is 1.90. The van der Waals surface area contributed by atoms with Crippen molar-refractivity contribution in [3.05, 3.63) is 89.0 Å². The molecule has 8 nitrogen and oxygen atoms in total. The number of nitro groups is 1. The molecule has 0 unspecified atom stereocenters. The third kappa shape index (κ3) is 2.74. The van der Waals surface area contributed by atoms with E-state index < -0.39 is 4.92 Å². The van der Waals surface area contributed by atoms with Crippen LogP contribution in [0.1, 0.15) is 0 Å². The molecular formula is C22H16N6O2. The van der Waals surface area contributed by atoms with Crippen LogP contribution in [0.2, 0.25) is 0 Å². The summed E-state index contributed by atoms with van der Waals surface area (Å²) in [5.41, 5.74) is 2.63. The highest BCUT2D eigenvalue weighted by Gasteiger charge is 2.24. The summed E-state index contributed by atoms with van der Waals surface area (Å²) in [6.45, 7) is 0. The van der Waals surface area contributed by atoms with Crippen LogP contribution >= 0.6 is 0 Å². The van der Waals surface area contributed by atoms with Gasteiger partial charge in [0.2, 0.25) is 5.95 Å². The van der Waals surface area contributed by atoms with Crippen molar-refractivity contribution in [2.75, 3.05) is 11.9 Å². The minimum atomic E-state index is -0.411. The second kappa shape index (κ2) is 6.93. The highest BCUT2D eigenvalue weighted by atomic mass is 16.6. The molecule has 0 fully saturated rings. The van der Waals surface area contributed by atoms with Gasteiger partial charge in [-0.2, -0.15) is 0 Å². The summed E-state index contributed by atoms with van der Waals surface area (Å²) in [6.07, 6.45) is 0. The first kappa shape index (κ1) is 17.7. The standard InChI is InChI=1S/C22H16N6O2/c1-26(15-9-3-2-4-10-15)22-23-18-13-7-5-11-16(18)20-24-25-21(27(20)22)17-12-6-8-14-19(17)28(29)30/h2-14H,1H3. The number of hydrogen-bond donors (Lipinski definition) is 0. The molecule has 2 heterocycles. The lowest BCUT2D eigenvalue weighted by Crippen LogP contribution is -2.16. The number of fused-ring (bicyclic) bond motifs is 3. The zero-order valence-corrected chi connectivity index (χ0v) is 16.0. The first-order valence-corrected chi connectivity index (χ1v) is 9.31. The van der Waals surface area contributed by atoms with E-state index in [1.54, 1.807) is 22.6 Å². The van der Waals surface area contributed by atoms with Crippen molar-refractivity contribution in [1.29, 1.82) is 0 Å². The lowest BCUT2D eigenvalue weighted by molar-refractivity contribution is -0.384. The fourth-order valence-corrected chi connectivity index (χ4v) is 3.55. The van der Waals surface area contributed by atoms with Crippen molar-refractivity contribution in [3.8, 4) is 11.4 Å². The third-order valence-corrected chi connectivity index (χ3v) is 5.01. The van der Waals surface area contributed by atoms with E-state index in [9.17, 15) is 10.1 Å². The highest BCUT2D eigenvalue weighted by molar-refractivity contribution is 5.94. The van der Waals surface area contributed by atoms with Crippen LogP contribution < -0.4 is 4.90 Å². The van der Waals surface area contributed by atoms with Crippen molar-refractivity contribution >= 4 is 33.9 Å². The molecule has 5 aromatic rings. The predicted octanol–water partition coefficient (Wildman–Crippen LogP) is 4.62. The van der Waals surface area contributed by atoms with Gasteiger partial charge in [-0.25, -0.2) is 9.38 Å². The van der Waals surface area contributed by atoms with Gasteiger partial charge in [0.05, 0.1) is 16.0 Å². The molecule has 0 amide bonds. The van der Waals surface area contributed by atoms with Crippen LogP contribution in [-0.2, 0) is 0 Å². The van der Waals surface area contributed by atoms with E-state index in [1.165, 1.54) is 6.07 Å². The molecule has 0 atom stereocenters. The van der Waals surface area contributed by atoms with Crippen molar-refractivity contribution in [2.45, 2.75) is 0 Å². The molecule has 0 bridgehead atoms. The summed E-state index contributed by atoms with van der Waals surface area (Å²) in [5, 5.41) is 21.2. The molecule has 5 rings (SSSR count). The van der Waals surface area contributed by atoms with Gasteiger partial charge in [0, 0.05) is 24.2 Å². The van der Waals surface area contributed by atoms with Gasteiger partial charge in [-0.05, 0) is 30.3 Å². The molecule has 0 aliphatic carbocycles. The van der Waals surface area contributed by atoms with Gasteiger partial charge < -0.3 is 4.90 Å². The number of benzene rings is 3. The van der Waals surface area contributed by atoms with Crippen LogP contribution in [-0.4, -0.2) is 31.6 Å². The Hall–Kier alpha value is -4.33. The summed E-state index contributed by atoms with van der Waals surface area (Å²) in [6, 6.07) is 23.9. The van der Waals surface area contributed by atoms with Crippen LogP contribution in [0.25, 0.3) is 27.9 Å². The smallest absolute Gasteiger partial charge is 0.280 e. The van der Waals surface area contributed by atoms with E-state index in [-0.39, 0.29) is 5.69 Å². The maximum absolute atomic E-state index is 11.6. The molecule has 0 aliphatic rings. The fourth-order valence-electron chi connectivity index (χ4n) is 3.55. The maximum atomic E-state index is 11.6. The lowest BCUT2D eigenvalue weighted by Gasteiger charge is -2.20. The quantitative estimate of drug-likeness (QED) is 0.325. The second-order valence-electron chi connectivity index (χ2n) is 6.78. The molecule has 8 heteroatoms. The number of para-hydroxylation sites is 3. The Morgan fingerprint density at radius 1 is 0.900 bits per heavy atom. The zero-order valence-electron chi connectivity index (χ0n) is 16.0. The average molecular weight is 396 g/mol. The number of rotatable bonds is 4. The first-order valence-electron chi connectivity index (χ1n) is 9.31. The Morgan fingerprint density at radius 2 is 1.60 bits per heavy atom. The minimum Gasteiger partial charge on any atom is -0.315 e. The van der Waals surface area contributed by atoms with Gasteiger partial charge in [-0.15, -0.1) is 10.2 Å². The number of anilines is 2. The Balaban J connectivity index is 1.87. The molecular weight excluding hydrogens is 380 g/mol. The minimum absolute atomic E-state index is 0.0340. The van der Waals surface area contributed by atoms with Crippen LogP contribution in [0.3, 0.4) is 0 Å². The van der Waals surface area contributed by atoms with E-state index in [0.29, 0.717) is 23.0 Å². The van der Waals surface area contributed by atoms with Crippen molar-refractivity contribution in [1.82, 2.24) is 19.6 Å². The number of nitro benzene ring substituents is 1. The maximum Gasteiger partial charge on any atom is 0.280 e. The second-order valence-corrected chi connectivity index (χ2v) is 6.78. The largest absolute Gasteiger partial charge is 0.315 e. The summed E-state index contributed by atoms with van der Waals surface area (Å²) >= 11 is 0. The summed E-state index contributed by atoms with van der Waals surface area (Å²) in [4.78, 5) is 18.0. The molecule has 0 spiro atoms. The topological polar surface area (TPSA) is 89.5 Å². The molecule has 30 heavy (non-hydrogen) atoms. The number of nitrogens with zero attached hydrogens (tertiary/aromatic N) is 6. The Morgan fingerprint density at radius 3 is 2.40 bits per heavy atom. The molecule has 0 saturated heterocycles. The Labute approximate surface area is 171 Å². The summed E-state index contributed by atoms with van der Waals surface area (Å²) < 4.78 is 1.78. The molecule has 0 N–H and O–H groups in total.